The van der Waals surface area contributed by atoms with E-state index in [-0.39, 0.29) is 18.5 Å². The molecule has 4 amide bonds. The Labute approximate surface area is 174 Å². The van der Waals surface area contributed by atoms with E-state index >= 15 is 0 Å². The van der Waals surface area contributed by atoms with Crippen molar-refractivity contribution in [2.75, 3.05) is 6.54 Å². The molecule has 1 aliphatic rings. The molecule has 0 aromatic heterocycles. The number of benzene rings is 1. The van der Waals surface area contributed by atoms with E-state index in [4.69, 9.17) is 0 Å². The van der Waals surface area contributed by atoms with E-state index in [1.165, 1.54) is 5.56 Å². The van der Waals surface area contributed by atoms with Gasteiger partial charge in [-0.15, -0.1) is 0 Å². The predicted molar refractivity (Wildman–Crippen MR) is 114 cm³/mol. The second-order valence-corrected chi connectivity index (χ2v) is 8.69. The van der Waals surface area contributed by atoms with Gasteiger partial charge in [-0.2, -0.15) is 0 Å². The summed E-state index contributed by atoms with van der Waals surface area (Å²) in [5.74, 6) is -0.0704. The van der Waals surface area contributed by atoms with Crippen LogP contribution in [0.5, 0.6) is 0 Å². The fourth-order valence-electron chi connectivity index (χ4n) is 3.70. The normalized spacial score (nSPS) is 20.1. The monoisotopic (exact) mass is 401 g/mol. The molecular weight excluding hydrogens is 366 g/mol. The zero-order chi connectivity index (χ0) is 21.6. The van der Waals surface area contributed by atoms with Crippen LogP contribution in [-0.2, 0) is 21.5 Å². The fourth-order valence-corrected chi connectivity index (χ4v) is 3.70. The molecule has 6 heteroatoms. The summed E-state index contributed by atoms with van der Waals surface area (Å²) in [6.45, 7) is 9.84. The molecule has 6 nitrogen and oxygen atoms in total. The molecule has 2 N–H and O–H groups in total. The zero-order valence-electron chi connectivity index (χ0n) is 18.4. The Hall–Kier alpha value is -2.37. The lowest BCUT2D eigenvalue weighted by Gasteiger charge is -2.22. The van der Waals surface area contributed by atoms with Crippen LogP contribution in [0.1, 0.15) is 71.4 Å². The van der Waals surface area contributed by atoms with Crippen LogP contribution in [0, 0.1) is 5.92 Å². The van der Waals surface area contributed by atoms with Gasteiger partial charge in [-0.3, -0.25) is 14.5 Å². The number of imide groups is 1. The largest absolute Gasteiger partial charge is 0.352 e. The van der Waals surface area contributed by atoms with Crippen molar-refractivity contribution in [3.05, 3.63) is 35.4 Å². The summed E-state index contributed by atoms with van der Waals surface area (Å²) < 4.78 is 0. The van der Waals surface area contributed by atoms with E-state index in [2.05, 4.69) is 31.4 Å². The quantitative estimate of drug-likeness (QED) is 0.586. The summed E-state index contributed by atoms with van der Waals surface area (Å²) >= 11 is 0. The van der Waals surface area contributed by atoms with Crippen molar-refractivity contribution in [1.29, 1.82) is 0 Å². The Balaban J connectivity index is 1.98. The topological polar surface area (TPSA) is 78.5 Å². The van der Waals surface area contributed by atoms with Crippen LogP contribution in [0.4, 0.5) is 4.79 Å². The number of nitrogens with one attached hydrogen (secondary N) is 2. The first-order valence-corrected chi connectivity index (χ1v) is 10.7. The van der Waals surface area contributed by atoms with Crippen molar-refractivity contribution in [2.45, 2.75) is 78.3 Å². The van der Waals surface area contributed by atoms with E-state index in [1.807, 2.05) is 31.2 Å². The van der Waals surface area contributed by atoms with Gasteiger partial charge in [0.25, 0.3) is 5.91 Å². The molecule has 29 heavy (non-hydrogen) atoms. The third-order valence-corrected chi connectivity index (χ3v) is 5.47. The smallest absolute Gasteiger partial charge is 0.325 e. The van der Waals surface area contributed by atoms with Crippen LogP contribution in [-0.4, -0.2) is 35.3 Å². The van der Waals surface area contributed by atoms with Gasteiger partial charge in [-0.1, -0.05) is 64.3 Å². The van der Waals surface area contributed by atoms with Crippen molar-refractivity contribution in [3.8, 4) is 0 Å². The molecule has 0 aliphatic carbocycles. The summed E-state index contributed by atoms with van der Waals surface area (Å²) in [5.41, 5.74) is 0.769. The van der Waals surface area contributed by atoms with Crippen molar-refractivity contribution < 1.29 is 14.4 Å². The minimum Gasteiger partial charge on any atom is -0.352 e. The molecule has 1 aromatic rings. The molecular formula is C23H35N3O3. The molecule has 1 saturated heterocycles. The Bertz CT molecular complexity index is 729. The predicted octanol–water partition coefficient (Wildman–Crippen LogP) is 3.74. The Morgan fingerprint density at radius 3 is 2.38 bits per heavy atom. The molecule has 1 aromatic carbocycles. The first-order chi connectivity index (χ1) is 13.7. The summed E-state index contributed by atoms with van der Waals surface area (Å²) in [6.07, 6.45) is 5.05. The van der Waals surface area contributed by atoms with E-state index < -0.39 is 17.5 Å². The molecule has 0 unspecified atom stereocenters. The maximum atomic E-state index is 13.0. The Kier molecular flexibility index (Phi) is 7.82. The summed E-state index contributed by atoms with van der Waals surface area (Å²) in [6, 6.07) is 7.21. The number of carbonyl (C=O) groups is 3. The van der Waals surface area contributed by atoms with E-state index in [0.717, 1.165) is 42.6 Å². The lowest BCUT2D eigenvalue weighted by Crippen LogP contribution is -2.45. The van der Waals surface area contributed by atoms with E-state index in [9.17, 15) is 14.4 Å². The standard InChI is InChI=1S/C23H35N3O3/c1-6-8-18-11-13-19(14-12-18)23(5)21(28)26(22(29)25-23)15-20(27)24-17(4)10-7-9-16(2)3/h11-14,16-17H,6-10,15H2,1-5H3,(H,24,27)(H,25,29)/t17-,23-/m1/s1. The lowest BCUT2D eigenvalue weighted by atomic mass is 9.91. The van der Waals surface area contributed by atoms with Crippen molar-refractivity contribution in [3.63, 3.8) is 0 Å². The van der Waals surface area contributed by atoms with Gasteiger partial charge >= 0.3 is 6.03 Å². The van der Waals surface area contributed by atoms with Gasteiger partial charge in [0.2, 0.25) is 5.91 Å². The molecule has 1 heterocycles. The fraction of sp³-hybridized carbons (Fsp3) is 0.609. The third-order valence-electron chi connectivity index (χ3n) is 5.47. The van der Waals surface area contributed by atoms with Crippen LogP contribution in [0.2, 0.25) is 0 Å². The van der Waals surface area contributed by atoms with Gasteiger partial charge in [-0.25, -0.2) is 4.79 Å². The number of aryl methyl sites for hydroxylation is 1. The highest BCUT2D eigenvalue weighted by Crippen LogP contribution is 2.29. The van der Waals surface area contributed by atoms with Gasteiger partial charge < -0.3 is 10.6 Å². The van der Waals surface area contributed by atoms with Crippen molar-refractivity contribution >= 4 is 17.8 Å². The molecule has 0 radical (unpaired) electrons. The zero-order valence-corrected chi connectivity index (χ0v) is 18.4. The highest BCUT2D eigenvalue weighted by molar-refractivity contribution is 6.09. The summed E-state index contributed by atoms with van der Waals surface area (Å²) in [7, 11) is 0. The number of amides is 4. The molecule has 0 bridgehead atoms. The molecule has 0 saturated carbocycles. The second-order valence-electron chi connectivity index (χ2n) is 8.69. The molecule has 0 spiro atoms. The Morgan fingerprint density at radius 1 is 1.14 bits per heavy atom. The summed E-state index contributed by atoms with van der Waals surface area (Å²) in [4.78, 5) is 38.8. The average Bonchev–Trinajstić information content (AvgIpc) is 2.86. The minimum absolute atomic E-state index is 0.0134. The van der Waals surface area contributed by atoms with Gasteiger partial charge in [-0.05, 0) is 43.7 Å². The molecule has 2 atom stereocenters. The van der Waals surface area contributed by atoms with Crippen LogP contribution < -0.4 is 10.6 Å². The van der Waals surface area contributed by atoms with Gasteiger partial charge in [0.1, 0.15) is 12.1 Å². The second kappa shape index (κ2) is 9.90. The lowest BCUT2D eigenvalue weighted by molar-refractivity contribution is -0.135. The Morgan fingerprint density at radius 2 is 1.79 bits per heavy atom. The van der Waals surface area contributed by atoms with Crippen molar-refractivity contribution in [2.24, 2.45) is 5.92 Å². The first-order valence-electron chi connectivity index (χ1n) is 10.7. The number of nitrogens with zero attached hydrogens (tertiary/aromatic N) is 1. The maximum Gasteiger partial charge on any atom is 0.325 e. The SMILES string of the molecule is CCCc1ccc([C@@]2(C)NC(=O)N(CC(=O)N[C@H](C)CCCC(C)C)C2=O)cc1. The number of hydrogen-bond acceptors (Lipinski definition) is 3. The van der Waals surface area contributed by atoms with Crippen LogP contribution in [0.15, 0.2) is 24.3 Å². The van der Waals surface area contributed by atoms with Gasteiger partial charge in [0.15, 0.2) is 0 Å². The molecule has 160 valence electrons. The van der Waals surface area contributed by atoms with Crippen LogP contribution in [0.3, 0.4) is 0 Å². The van der Waals surface area contributed by atoms with Crippen molar-refractivity contribution in [1.82, 2.24) is 15.5 Å². The number of hydrogen-bond donors (Lipinski definition) is 2. The maximum absolute atomic E-state index is 13.0. The number of rotatable bonds is 10. The number of carbonyl (C=O) groups excluding carboxylic acids is 3. The van der Waals surface area contributed by atoms with Crippen LogP contribution >= 0.6 is 0 Å². The number of urea groups is 1. The molecule has 1 fully saturated rings. The first kappa shape index (κ1) is 22.9. The van der Waals surface area contributed by atoms with Gasteiger partial charge in [0.05, 0.1) is 0 Å². The highest BCUT2D eigenvalue weighted by atomic mass is 16.2. The minimum atomic E-state index is -1.15. The highest BCUT2D eigenvalue weighted by Gasteiger charge is 2.49. The van der Waals surface area contributed by atoms with Gasteiger partial charge in [0, 0.05) is 6.04 Å². The molecule has 1 aliphatic heterocycles. The van der Waals surface area contributed by atoms with Crippen LogP contribution in [0.25, 0.3) is 0 Å². The summed E-state index contributed by atoms with van der Waals surface area (Å²) in [5, 5.41) is 5.66. The van der Waals surface area contributed by atoms with E-state index in [1.54, 1.807) is 6.92 Å². The molecule has 2 rings (SSSR count). The van der Waals surface area contributed by atoms with E-state index in [0.29, 0.717) is 5.92 Å². The average molecular weight is 402 g/mol. The third kappa shape index (κ3) is 5.81.